The van der Waals surface area contributed by atoms with Gasteiger partial charge < -0.3 is 15.3 Å². The Morgan fingerprint density at radius 2 is 1.57 bits per heavy atom. The first-order chi connectivity index (χ1) is 20.7. The second-order valence-electron chi connectivity index (χ2n) is 13.4. The van der Waals surface area contributed by atoms with Crippen molar-refractivity contribution in [2.75, 3.05) is 32.4 Å². The second-order valence-corrected chi connectivity index (χ2v) is 15.1. The average Bonchev–Trinajstić information content (AvgIpc) is 2.90. The fourth-order valence-corrected chi connectivity index (χ4v) is 8.30. The number of amides is 2. The quantitative estimate of drug-likeness (QED) is 0.173. The monoisotopic (exact) mass is 646 g/mol. The van der Waals surface area contributed by atoms with Gasteiger partial charge in [-0.2, -0.15) is 0 Å². The van der Waals surface area contributed by atoms with Crippen molar-refractivity contribution in [1.29, 1.82) is 0 Å². The highest BCUT2D eigenvalue weighted by Gasteiger charge is 2.39. The number of hydrazine groups is 1. The van der Waals surface area contributed by atoms with Gasteiger partial charge in [-0.25, -0.2) is 22.2 Å². The SMILES string of the molecule is CC#CC1CC(C(=O)NC(CC2CC(F)CC(F)C2)C(O)CN(C)NS(=O)(=O)CC(C)C)CC(C(=O)N(CCC)CCC)C1. The first-order valence-corrected chi connectivity index (χ1v) is 18.0. The molecule has 0 aromatic rings. The van der Waals surface area contributed by atoms with E-state index in [1.807, 2.05) is 18.7 Å². The Kier molecular flexibility index (Phi) is 16.0. The maximum absolute atomic E-state index is 14.3. The summed E-state index contributed by atoms with van der Waals surface area (Å²) in [6, 6.07) is -0.870. The van der Waals surface area contributed by atoms with Gasteiger partial charge in [0.05, 0.1) is 17.9 Å². The van der Waals surface area contributed by atoms with Gasteiger partial charge in [0.25, 0.3) is 0 Å². The zero-order chi connectivity index (χ0) is 33.0. The van der Waals surface area contributed by atoms with Crippen molar-refractivity contribution < 1.29 is 31.9 Å². The lowest BCUT2D eigenvalue weighted by Crippen LogP contribution is -2.54. The molecule has 0 saturated heterocycles. The van der Waals surface area contributed by atoms with Crippen LogP contribution in [-0.2, 0) is 19.6 Å². The molecule has 2 aliphatic carbocycles. The van der Waals surface area contributed by atoms with Crippen LogP contribution in [0, 0.1) is 41.4 Å². The number of nitrogens with one attached hydrogen (secondary N) is 2. The lowest BCUT2D eigenvalue weighted by molar-refractivity contribution is -0.139. The molecule has 0 aromatic carbocycles. The van der Waals surface area contributed by atoms with Crippen LogP contribution in [0.25, 0.3) is 0 Å². The van der Waals surface area contributed by atoms with Gasteiger partial charge in [0.2, 0.25) is 21.8 Å². The van der Waals surface area contributed by atoms with Crippen LogP contribution in [0.3, 0.4) is 0 Å². The zero-order valence-electron chi connectivity index (χ0n) is 27.5. The molecule has 2 rings (SSSR count). The molecule has 2 fully saturated rings. The number of hydrogen-bond donors (Lipinski definition) is 3. The fourth-order valence-electron chi connectivity index (χ4n) is 6.80. The minimum absolute atomic E-state index is 0.0335. The van der Waals surface area contributed by atoms with Gasteiger partial charge in [0.1, 0.15) is 12.3 Å². The number of likely N-dealkylation sites (N-methyl/N-ethyl adjacent to an activating group) is 1. The second kappa shape index (κ2) is 18.4. The summed E-state index contributed by atoms with van der Waals surface area (Å²) in [6.45, 7) is 10.5. The first-order valence-electron chi connectivity index (χ1n) is 16.4. The topological polar surface area (TPSA) is 119 Å². The van der Waals surface area contributed by atoms with Crippen LogP contribution in [0.15, 0.2) is 0 Å². The average molecular weight is 647 g/mol. The molecule has 0 aliphatic heterocycles. The van der Waals surface area contributed by atoms with Crippen molar-refractivity contribution in [2.45, 2.75) is 117 Å². The van der Waals surface area contributed by atoms with Crippen LogP contribution < -0.4 is 10.1 Å². The summed E-state index contributed by atoms with van der Waals surface area (Å²) in [5.41, 5.74) is 0. The summed E-state index contributed by atoms with van der Waals surface area (Å²) in [5, 5.41) is 15.5. The number of rotatable bonds is 16. The Balaban J connectivity index is 2.24. The molecule has 9 nitrogen and oxygen atoms in total. The molecular weight excluding hydrogens is 590 g/mol. The number of sulfonamides is 1. The summed E-state index contributed by atoms with van der Waals surface area (Å²) in [4.78, 5) is 31.6. The van der Waals surface area contributed by atoms with E-state index in [1.54, 1.807) is 20.8 Å². The molecule has 12 heteroatoms. The van der Waals surface area contributed by atoms with Crippen LogP contribution in [-0.4, -0.2) is 92.2 Å². The van der Waals surface area contributed by atoms with E-state index < -0.39 is 46.3 Å². The summed E-state index contributed by atoms with van der Waals surface area (Å²) in [5.74, 6) is 4.19. The molecule has 2 saturated carbocycles. The third kappa shape index (κ3) is 12.9. The van der Waals surface area contributed by atoms with Crippen molar-refractivity contribution in [3.8, 4) is 11.8 Å². The van der Waals surface area contributed by atoms with Crippen LogP contribution in [0.2, 0.25) is 0 Å². The van der Waals surface area contributed by atoms with Crippen molar-refractivity contribution in [2.24, 2.45) is 29.6 Å². The minimum Gasteiger partial charge on any atom is -0.390 e. The van der Waals surface area contributed by atoms with Crippen LogP contribution in [0.4, 0.5) is 8.78 Å². The number of nitrogens with zero attached hydrogens (tertiary/aromatic N) is 2. The third-order valence-corrected chi connectivity index (χ3v) is 10.1. The maximum atomic E-state index is 14.3. The van der Waals surface area contributed by atoms with Gasteiger partial charge in [-0.15, -0.1) is 16.7 Å². The maximum Gasteiger partial charge on any atom is 0.225 e. The largest absolute Gasteiger partial charge is 0.390 e. The third-order valence-electron chi connectivity index (χ3n) is 8.45. The lowest BCUT2D eigenvalue weighted by Gasteiger charge is -2.37. The van der Waals surface area contributed by atoms with Gasteiger partial charge in [0.15, 0.2) is 0 Å². The van der Waals surface area contributed by atoms with Crippen molar-refractivity contribution in [3.63, 3.8) is 0 Å². The van der Waals surface area contributed by atoms with Crippen LogP contribution in [0.5, 0.6) is 0 Å². The molecule has 254 valence electrons. The highest BCUT2D eigenvalue weighted by Crippen LogP contribution is 2.36. The molecule has 0 spiro atoms. The Labute approximate surface area is 264 Å². The van der Waals surface area contributed by atoms with E-state index in [0.717, 1.165) is 12.8 Å². The number of aliphatic hydroxyl groups is 1. The summed E-state index contributed by atoms with van der Waals surface area (Å²) >= 11 is 0. The molecule has 7 atom stereocenters. The van der Waals surface area contributed by atoms with Crippen LogP contribution in [0.1, 0.15) is 92.4 Å². The highest BCUT2D eigenvalue weighted by atomic mass is 32.2. The standard InChI is InChI=1S/C32H56F2N4O5S/c1-7-10-23-13-25(18-26(14-23)32(41)38(11-8-2)12-9-3)31(40)35-29(17-24-15-27(33)19-28(34)16-24)30(39)20-37(6)36-44(42,43)21-22(4)5/h22-30,36,39H,8-9,11-21H2,1-6H3,(H,35,40). The van der Waals surface area contributed by atoms with Crippen molar-refractivity contribution in [1.82, 2.24) is 20.1 Å². The van der Waals surface area contributed by atoms with Gasteiger partial charge in [-0.3, -0.25) is 9.59 Å². The molecule has 44 heavy (non-hydrogen) atoms. The van der Waals surface area contributed by atoms with E-state index >= 15 is 0 Å². The van der Waals surface area contributed by atoms with Gasteiger partial charge in [-0.1, -0.05) is 27.7 Å². The first kappa shape index (κ1) is 38.4. The number of hydrogen-bond acceptors (Lipinski definition) is 6. The summed E-state index contributed by atoms with van der Waals surface area (Å²) in [7, 11) is -2.16. The summed E-state index contributed by atoms with van der Waals surface area (Å²) in [6.07, 6.45) is -0.467. The number of carbonyl (C=O) groups is 2. The molecule has 2 aliphatic rings. The van der Waals surface area contributed by atoms with E-state index in [9.17, 15) is 31.9 Å². The van der Waals surface area contributed by atoms with E-state index in [4.69, 9.17) is 0 Å². The lowest BCUT2D eigenvalue weighted by atomic mass is 9.74. The minimum atomic E-state index is -3.65. The number of alkyl halides is 2. The van der Waals surface area contributed by atoms with E-state index in [0.29, 0.717) is 32.4 Å². The molecule has 0 heterocycles. The van der Waals surface area contributed by atoms with Crippen LogP contribution >= 0.6 is 0 Å². The number of aliphatic hydroxyl groups excluding tert-OH is 1. The Morgan fingerprint density at radius 1 is 0.977 bits per heavy atom. The molecule has 7 unspecified atom stereocenters. The molecule has 2 amide bonds. The molecule has 0 bridgehead atoms. The molecule has 0 aromatic heterocycles. The molecule has 3 N–H and O–H groups in total. The smallest absolute Gasteiger partial charge is 0.225 e. The number of carbonyl (C=O) groups excluding carboxylic acids is 2. The predicted octanol–water partition coefficient (Wildman–Crippen LogP) is 3.83. The van der Waals surface area contributed by atoms with E-state index in [2.05, 4.69) is 22.0 Å². The zero-order valence-corrected chi connectivity index (χ0v) is 28.3. The van der Waals surface area contributed by atoms with Gasteiger partial charge in [0, 0.05) is 50.9 Å². The normalized spacial score (nSPS) is 27.3. The Morgan fingerprint density at radius 3 is 2.11 bits per heavy atom. The molecular formula is C32H56F2N4O5S. The van der Waals surface area contributed by atoms with Gasteiger partial charge >= 0.3 is 0 Å². The highest BCUT2D eigenvalue weighted by molar-refractivity contribution is 7.89. The van der Waals surface area contributed by atoms with Crippen molar-refractivity contribution in [3.05, 3.63) is 0 Å². The van der Waals surface area contributed by atoms with E-state index in [-0.39, 0.29) is 67.5 Å². The Bertz CT molecular complexity index is 1070. The van der Waals surface area contributed by atoms with Gasteiger partial charge in [-0.05, 0) is 70.1 Å². The predicted molar refractivity (Wildman–Crippen MR) is 169 cm³/mol. The Hall–Kier alpha value is -1.81. The molecule has 0 radical (unpaired) electrons. The fraction of sp³-hybridized carbons (Fsp3) is 0.875. The number of halogens is 2. The van der Waals surface area contributed by atoms with E-state index in [1.165, 1.54) is 12.1 Å². The summed E-state index contributed by atoms with van der Waals surface area (Å²) < 4.78 is 53.4. The van der Waals surface area contributed by atoms with Crippen molar-refractivity contribution >= 4 is 21.8 Å².